The van der Waals surface area contributed by atoms with Crippen LogP contribution in [0.2, 0.25) is 0 Å². The molecule has 0 unspecified atom stereocenters. The number of hydrogen-bond donors (Lipinski definition) is 0. The van der Waals surface area contributed by atoms with Gasteiger partial charge in [0.05, 0.1) is 9.79 Å². The molecular formula is C11H8NO2S. The third kappa shape index (κ3) is 1.89. The van der Waals surface area contributed by atoms with E-state index >= 15 is 0 Å². The van der Waals surface area contributed by atoms with Gasteiger partial charge in [0.1, 0.15) is 0 Å². The number of pyridine rings is 1. The van der Waals surface area contributed by atoms with Crippen LogP contribution in [-0.2, 0) is 9.84 Å². The standard InChI is InChI=1S/C11H8NO2S/c13-15(14,10-5-2-1-3-6-10)11-7-4-8-12-9-11/h1-6,8-9H. The van der Waals surface area contributed by atoms with Gasteiger partial charge in [0.2, 0.25) is 9.84 Å². The number of hydrogen-bond acceptors (Lipinski definition) is 3. The first-order valence-corrected chi connectivity index (χ1v) is 5.81. The van der Waals surface area contributed by atoms with E-state index in [0.717, 1.165) is 0 Å². The van der Waals surface area contributed by atoms with Crippen molar-refractivity contribution in [2.45, 2.75) is 9.79 Å². The normalized spacial score (nSPS) is 11.2. The van der Waals surface area contributed by atoms with Crippen LogP contribution < -0.4 is 0 Å². The summed E-state index contributed by atoms with van der Waals surface area (Å²) in [6, 6.07) is 12.4. The Kier molecular flexibility index (Phi) is 2.51. The molecule has 0 fully saturated rings. The largest absolute Gasteiger partial charge is 0.263 e. The van der Waals surface area contributed by atoms with Crippen LogP contribution in [0.1, 0.15) is 0 Å². The van der Waals surface area contributed by atoms with Gasteiger partial charge in [0.25, 0.3) is 0 Å². The molecule has 1 heterocycles. The van der Waals surface area contributed by atoms with Crippen LogP contribution in [-0.4, -0.2) is 13.4 Å². The van der Waals surface area contributed by atoms with Crippen LogP contribution in [0.15, 0.2) is 58.6 Å². The van der Waals surface area contributed by atoms with Gasteiger partial charge in [-0.25, -0.2) is 8.42 Å². The zero-order valence-electron chi connectivity index (χ0n) is 7.79. The van der Waals surface area contributed by atoms with E-state index in [0.29, 0.717) is 0 Å². The molecule has 0 bridgehead atoms. The number of benzene rings is 1. The molecule has 0 atom stereocenters. The summed E-state index contributed by atoms with van der Waals surface area (Å²) in [5, 5.41) is 0. The van der Waals surface area contributed by atoms with E-state index in [4.69, 9.17) is 0 Å². The second-order valence-corrected chi connectivity index (χ2v) is 4.84. The third-order valence-corrected chi connectivity index (χ3v) is 3.62. The molecule has 2 rings (SSSR count). The molecular weight excluding hydrogens is 210 g/mol. The molecule has 1 radical (unpaired) electrons. The molecule has 4 heteroatoms. The van der Waals surface area contributed by atoms with Crippen molar-refractivity contribution in [1.82, 2.24) is 4.98 Å². The highest BCUT2D eigenvalue weighted by atomic mass is 32.2. The molecule has 0 spiro atoms. The van der Waals surface area contributed by atoms with Crippen molar-refractivity contribution in [2.24, 2.45) is 0 Å². The second kappa shape index (κ2) is 3.82. The Morgan fingerprint density at radius 3 is 2.47 bits per heavy atom. The van der Waals surface area contributed by atoms with Crippen molar-refractivity contribution in [1.29, 1.82) is 0 Å². The average Bonchev–Trinajstić information content (AvgIpc) is 2.31. The van der Waals surface area contributed by atoms with E-state index in [1.165, 1.54) is 18.5 Å². The summed E-state index contributed by atoms with van der Waals surface area (Å²) in [6.07, 6.45) is 2.78. The zero-order chi connectivity index (χ0) is 10.7. The van der Waals surface area contributed by atoms with Gasteiger partial charge < -0.3 is 0 Å². The van der Waals surface area contributed by atoms with Crippen molar-refractivity contribution in [2.75, 3.05) is 0 Å². The van der Waals surface area contributed by atoms with Crippen molar-refractivity contribution in [3.8, 4) is 0 Å². The summed E-state index contributed by atoms with van der Waals surface area (Å²) in [7, 11) is -3.46. The first kappa shape index (κ1) is 9.86. The van der Waals surface area contributed by atoms with Crippen LogP contribution in [0, 0.1) is 6.07 Å². The number of aromatic nitrogens is 1. The van der Waals surface area contributed by atoms with E-state index in [-0.39, 0.29) is 9.79 Å². The highest BCUT2D eigenvalue weighted by Crippen LogP contribution is 2.18. The highest BCUT2D eigenvalue weighted by Gasteiger charge is 2.16. The maximum absolute atomic E-state index is 12.0. The molecule has 0 saturated carbocycles. The summed E-state index contributed by atoms with van der Waals surface area (Å²) in [4.78, 5) is 4.12. The lowest BCUT2D eigenvalue weighted by molar-refractivity contribution is 0.595. The van der Waals surface area contributed by atoms with E-state index < -0.39 is 9.84 Å². The predicted octanol–water partition coefficient (Wildman–Crippen LogP) is 1.71. The van der Waals surface area contributed by atoms with E-state index in [1.54, 1.807) is 30.3 Å². The summed E-state index contributed by atoms with van der Waals surface area (Å²) < 4.78 is 23.9. The molecule has 1 aromatic carbocycles. The van der Waals surface area contributed by atoms with Gasteiger partial charge in [-0.05, 0) is 18.2 Å². The molecule has 2 aromatic rings. The number of sulfone groups is 1. The fourth-order valence-corrected chi connectivity index (χ4v) is 2.38. The molecule has 1 aromatic heterocycles. The van der Waals surface area contributed by atoms with Crippen molar-refractivity contribution >= 4 is 9.84 Å². The van der Waals surface area contributed by atoms with E-state index in [9.17, 15) is 8.42 Å². The van der Waals surface area contributed by atoms with Crippen LogP contribution in [0.4, 0.5) is 0 Å². The van der Waals surface area contributed by atoms with Gasteiger partial charge in [-0.3, -0.25) is 4.98 Å². The van der Waals surface area contributed by atoms with Crippen molar-refractivity contribution < 1.29 is 8.42 Å². The molecule has 0 aliphatic heterocycles. The van der Waals surface area contributed by atoms with Gasteiger partial charge in [0.15, 0.2) is 0 Å². The van der Waals surface area contributed by atoms with E-state index in [2.05, 4.69) is 11.1 Å². The minimum Gasteiger partial charge on any atom is -0.263 e. The number of nitrogens with zero attached hydrogens (tertiary/aromatic N) is 1. The fourth-order valence-electron chi connectivity index (χ4n) is 1.18. The number of rotatable bonds is 2. The first-order valence-electron chi connectivity index (χ1n) is 4.33. The van der Waals surface area contributed by atoms with Gasteiger partial charge in [-0.2, -0.15) is 0 Å². The second-order valence-electron chi connectivity index (χ2n) is 2.92. The smallest absolute Gasteiger partial charge is 0.208 e. The lowest BCUT2D eigenvalue weighted by Gasteiger charge is -2.02. The van der Waals surface area contributed by atoms with Crippen molar-refractivity contribution in [3.63, 3.8) is 0 Å². The Labute approximate surface area is 88.3 Å². The fraction of sp³-hybridized carbons (Fsp3) is 0. The minimum atomic E-state index is -3.46. The van der Waals surface area contributed by atoms with Crippen LogP contribution in [0.3, 0.4) is 0 Å². The zero-order valence-corrected chi connectivity index (χ0v) is 8.61. The highest BCUT2D eigenvalue weighted by molar-refractivity contribution is 7.91. The Bertz CT molecular complexity index is 490. The summed E-state index contributed by atoms with van der Waals surface area (Å²) in [5.41, 5.74) is 0. The topological polar surface area (TPSA) is 47.0 Å². The molecule has 75 valence electrons. The molecule has 0 aliphatic carbocycles. The lowest BCUT2D eigenvalue weighted by atomic mass is 10.4. The van der Waals surface area contributed by atoms with Crippen LogP contribution >= 0.6 is 0 Å². The van der Waals surface area contributed by atoms with Crippen LogP contribution in [0.25, 0.3) is 0 Å². The molecule has 15 heavy (non-hydrogen) atoms. The third-order valence-electron chi connectivity index (χ3n) is 1.92. The monoisotopic (exact) mass is 218 g/mol. The quantitative estimate of drug-likeness (QED) is 0.771. The minimum absolute atomic E-state index is 0.0937. The van der Waals surface area contributed by atoms with Gasteiger partial charge in [-0.1, -0.05) is 18.2 Å². The average molecular weight is 218 g/mol. The SMILES string of the molecule is O=S(=O)(c1[c]ccnc1)c1ccccc1. The maximum atomic E-state index is 12.0. The first-order chi connectivity index (χ1) is 7.21. The molecule has 3 nitrogen and oxygen atoms in total. The summed E-state index contributed by atoms with van der Waals surface area (Å²) in [6.45, 7) is 0. The van der Waals surface area contributed by atoms with E-state index in [1.807, 2.05) is 0 Å². The molecule has 0 saturated heterocycles. The van der Waals surface area contributed by atoms with Gasteiger partial charge in [-0.15, -0.1) is 0 Å². The lowest BCUT2D eigenvalue weighted by Crippen LogP contribution is -2.01. The maximum Gasteiger partial charge on any atom is 0.208 e. The van der Waals surface area contributed by atoms with Crippen molar-refractivity contribution in [3.05, 3.63) is 54.9 Å². The molecule has 0 amide bonds. The summed E-state index contributed by atoms with van der Waals surface area (Å²) in [5.74, 6) is 0. The Morgan fingerprint density at radius 1 is 1.13 bits per heavy atom. The Morgan fingerprint density at radius 2 is 1.87 bits per heavy atom. The van der Waals surface area contributed by atoms with Gasteiger partial charge in [0, 0.05) is 18.5 Å². The Hall–Kier alpha value is -1.68. The predicted molar refractivity (Wildman–Crippen MR) is 55.0 cm³/mol. The molecule has 0 aliphatic rings. The van der Waals surface area contributed by atoms with Gasteiger partial charge >= 0.3 is 0 Å². The molecule has 0 N–H and O–H groups in total. The summed E-state index contributed by atoms with van der Waals surface area (Å²) >= 11 is 0. The Balaban J connectivity index is 2.55. The van der Waals surface area contributed by atoms with Crippen LogP contribution in [0.5, 0.6) is 0 Å².